The number of rotatable bonds is 4. The van der Waals surface area contributed by atoms with E-state index in [0.717, 1.165) is 11.1 Å². The number of ether oxygens (including phenoxy) is 1. The smallest absolute Gasteiger partial charge is 0.0847 e. The Morgan fingerprint density at radius 1 is 1.21 bits per heavy atom. The van der Waals surface area contributed by atoms with Gasteiger partial charge in [-0.05, 0) is 30.5 Å². The number of hydrogen-bond acceptors (Lipinski definition) is 1. The van der Waals surface area contributed by atoms with Crippen LogP contribution in [0.3, 0.4) is 0 Å². The molecule has 1 aromatic rings. The van der Waals surface area contributed by atoms with Crippen LogP contribution in [0.5, 0.6) is 0 Å². The molecule has 0 saturated heterocycles. The monoisotopic (exact) mass is 256 g/mol. The molecule has 0 saturated carbocycles. The zero-order chi connectivity index (χ0) is 10.6. The van der Waals surface area contributed by atoms with Gasteiger partial charge < -0.3 is 4.74 Å². The van der Waals surface area contributed by atoms with Crippen molar-refractivity contribution < 1.29 is 4.74 Å². The van der Waals surface area contributed by atoms with Crippen molar-refractivity contribution in [2.24, 2.45) is 5.92 Å². The van der Waals surface area contributed by atoms with Gasteiger partial charge in [-0.3, -0.25) is 0 Å². The normalized spacial score (nSPS) is 13.2. The van der Waals surface area contributed by atoms with Gasteiger partial charge in [-0.15, -0.1) is 0 Å². The summed E-state index contributed by atoms with van der Waals surface area (Å²) in [7, 11) is 0. The van der Waals surface area contributed by atoms with E-state index in [1.54, 1.807) is 0 Å². The minimum atomic E-state index is 0.216. The maximum Gasteiger partial charge on any atom is 0.0847 e. The first-order chi connectivity index (χ1) is 6.65. The van der Waals surface area contributed by atoms with Crippen molar-refractivity contribution in [3.05, 3.63) is 34.3 Å². The molecule has 0 aromatic heterocycles. The standard InChI is InChI=1S/C12H17BrO/c1-4-14-12(9(2)3)10-5-7-11(13)8-6-10/h5-9,12H,4H2,1-3H3. The minimum Gasteiger partial charge on any atom is -0.374 e. The fourth-order valence-corrected chi connectivity index (χ4v) is 1.77. The first kappa shape index (κ1) is 11.7. The van der Waals surface area contributed by atoms with Crippen LogP contribution in [0.25, 0.3) is 0 Å². The largest absolute Gasteiger partial charge is 0.374 e. The Kier molecular flexibility index (Phi) is 4.63. The van der Waals surface area contributed by atoms with E-state index >= 15 is 0 Å². The highest BCUT2D eigenvalue weighted by Crippen LogP contribution is 2.26. The highest BCUT2D eigenvalue weighted by Gasteiger charge is 2.15. The molecule has 0 aliphatic heterocycles. The van der Waals surface area contributed by atoms with E-state index < -0.39 is 0 Å². The molecule has 1 nitrogen and oxygen atoms in total. The van der Waals surface area contributed by atoms with Crippen LogP contribution in [0.4, 0.5) is 0 Å². The molecule has 0 aliphatic rings. The molecule has 0 fully saturated rings. The van der Waals surface area contributed by atoms with E-state index in [1.165, 1.54) is 5.56 Å². The van der Waals surface area contributed by atoms with Gasteiger partial charge in [-0.25, -0.2) is 0 Å². The van der Waals surface area contributed by atoms with Crippen molar-refractivity contribution in [2.75, 3.05) is 6.61 Å². The third-order valence-electron chi connectivity index (χ3n) is 2.15. The lowest BCUT2D eigenvalue weighted by molar-refractivity contribution is 0.0294. The molecule has 1 rings (SSSR count). The summed E-state index contributed by atoms with van der Waals surface area (Å²) < 4.78 is 6.83. The molecule has 2 heteroatoms. The molecule has 0 radical (unpaired) electrons. The molecule has 0 bridgehead atoms. The zero-order valence-electron chi connectivity index (χ0n) is 8.96. The summed E-state index contributed by atoms with van der Waals surface area (Å²) in [5.41, 5.74) is 1.25. The lowest BCUT2D eigenvalue weighted by Crippen LogP contribution is -2.10. The average Bonchev–Trinajstić information content (AvgIpc) is 2.15. The van der Waals surface area contributed by atoms with Gasteiger partial charge in [0.2, 0.25) is 0 Å². The maximum absolute atomic E-state index is 5.71. The SMILES string of the molecule is CCOC(c1ccc(Br)cc1)C(C)C. The van der Waals surface area contributed by atoms with Gasteiger partial charge in [0.25, 0.3) is 0 Å². The van der Waals surface area contributed by atoms with Gasteiger partial charge in [-0.1, -0.05) is 41.9 Å². The molecule has 1 aromatic carbocycles. The predicted molar refractivity (Wildman–Crippen MR) is 63.3 cm³/mol. The van der Waals surface area contributed by atoms with Crippen LogP contribution in [0.1, 0.15) is 32.4 Å². The van der Waals surface area contributed by atoms with Crippen LogP contribution in [-0.2, 0) is 4.74 Å². The van der Waals surface area contributed by atoms with E-state index in [-0.39, 0.29) is 6.10 Å². The lowest BCUT2D eigenvalue weighted by Gasteiger charge is -2.21. The Hall–Kier alpha value is -0.340. The van der Waals surface area contributed by atoms with Gasteiger partial charge in [0.15, 0.2) is 0 Å². The van der Waals surface area contributed by atoms with E-state index in [0.29, 0.717) is 5.92 Å². The minimum absolute atomic E-state index is 0.216. The predicted octanol–water partition coefficient (Wildman–Crippen LogP) is 4.18. The second-order valence-corrected chi connectivity index (χ2v) is 4.59. The van der Waals surface area contributed by atoms with Crippen LogP contribution in [0.15, 0.2) is 28.7 Å². The Labute approximate surface area is 94.6 Å². The molecular weight excluding hydrogens is 240 g/mol. The molecule has 1 atom stereocenters. The van der Waals surface area contributed by atoms with Crippen molar-refractivity contribution in [2.45, 2.75) is 26.9 Å². The summed E-state index contributed by atoms with van der Waals surface area (Å²) in [6, 6.07) is 8.35. The summed E-state index contributed by atoms with van der Waals surface area (Å²) >= 11 is 3.43. The third kappa shape index (κ3) is 3.10. The van der Waals surface area contributed by atoms with Crippen molar-refractivity contribution >= 4 is 15.9 Å². The third-order valence-corrected chi connectivity index (χ3v) is 2.68. The number of halogens is 1. The molecule has 1 unspecified atom stereocenters. The molecule has 14 heavy (non-hydrogen) atoms. The van der Waals surface area contributed by atoms with Crippen LogP contribution in [0, 0.1) is 5.92 Å². The van der Waals surface area contributed by atoms with Gasteiger partial charge in [-0.2, -0.15) is 0 Å². The zero-order valence-corrected chi connectivity index (χ0v) is 10.5. The van der Waals surface area contributed by atoms with E-state index in [1.807, 2.05) is 6.92 Å². The molecule has 0 heterocycles. The van der Waals surface area contributed by atoms with Crippen molar-refractivity contribution in [1.29, 1.82) is 0 Å². The van der Waals surface area contributed by atoms with Crippen LogP contribution in [-0.4, -0.2) is 6.61 Å². The first-order valence-corrected chi connectivity index (χ1v) is 5.81. The average molecular weight is 257 g/mol. The highest BCUT2D eigenvalue weighted by atomic mass is 79.9. The van der Waals surface area contributed by atoms with Crippen molar-refractivity contribution in [1.82, 2.24) is 0 Å². The highest BCUT2D eigenvalue weighted by molar-refractivity contribution is 9.10. The lowest BCUT2D eigenvalue weighted by atomic mass is 9.99. The first-order valence-electron chi connectivity index (χ1n) is 5.02. The van der Waals surface area contributed by atoms with E-state index in [9.17, 15) is 0 Å². The Morgan fingerprint density at radius 3 is 2.21 bits per heavy atom. The van der Waals surface area contributed by atoms with Gasteiger partial charge in [0.05, 0.1) is 6.10 Å². The fourth-order valence-electron chi connectivity index (χ4n) is 1.51. The molecule has 78 valence electrons. The molecule has 0 N–H and O–H groups in total. The van der Waals surface area contributed by atoms with Crippen molar-refractivity contribution in [3.8, 4) is 0 Å². The van der Waals surface area contributed by atoms with Gasteiger partial charge in [0, 0.05) is 11.1 Å². The Morgan fingerprint density at radius 2 is 1.79 bits per heavy atom. The van der Waals surface area contributed by atoms with Crippen LogP contribution < -0.4 is 0 Å². The second-order valence-electron chi connectivity index (χ2n) is 3.67. The summed E-state index contributed by atoms with van der Waals surface area (Å²) in [5.74, 6) is 0.510. The van der Waals surface area contributed by atoms with Crippen LogP contribution >= 0.6 is 15.9 Å². The quantitative estimate of drug-likeness (QED) is 0.786. The summed E-state index contributed by atoms with van der Waals surface area (Å²) in [5, 5.41) is 0. The Balaban J connectivity index is 2.82. The van der Waals surface area contributed by atoms with Crippen molar-refractivity contribution in [3.63, 3.8) is 0 Å². The van der Waals surface area contributed by atoms with Gasteiger partial charge >= 0.3 is 0 Å². The topological polar surface area (TPSA) is 9.23 Å². The number of benzene rings is 1. The molecule has 0 amide bonds. The molecule has 0 aliphatic carbocycles. The number of hydrogen-bond donors (Lipinski definition) is 0. The summed E-state index contributed by atoms with van der Waals surface area (Å²) in [6.07, 6.45) is 0.216. The summed E-state index contributed by atoms with van der Waals surface area (Å²) in [6.45, 7) is 7.16. The summed E-state index contributed by atoms with van der Waals surface area (Å²) in [4.78, 5) is 0. The van der Waals surface area contributed by atoms with Gasteiger partial charge in [0.1, 0.15) is 0 Å². The fraction of sp³-hybridized carbons (Fsp3) is 0.500. The van der Waals surface area contributed by atoms with E-state index in [4.69, 9.17) is 4.74 Å². The maximum atomic E-state index is 5.71. The van der Waals surface area contributed by atoms with Crippen LogP contribution in [0.2, 0.25) is 0 Å². The Bertz CT molecular complexity index is 266. The molecule has 0 spiro atoms. The second kappa shape index (κ2) is 5.52. The molecular formula is C12H17BrO. The van der Waals surface area contributed by atoms with E-state index in [2.05, 4.69) is 54.0 Å².